The third kappa shape index (κ3) is 1.50. The molecular formula is C15H20N2O. The van der Waals surface area contributed by atoms with E-state index in [0.717, 1.165) is 24.1 Å². The van der Waals surface area contributed by atoms with Crippen molar-refractivity contribution in [3.05, 3.63) is 46.4 Å². The summed E-state index contributed by atoms with van der Waals surface area (Å²) in [5.41, 5.74) is 8.50. The summed E-state index contributed by atoms with van der Waals surface area (Å²) in [5.74, 6) is 1.48. The molecule has 1 aromatic heterocycles. The molecule has 4 atom stereocenters. The highest BCUT2D eigenvalue weighted by atomic mass is 16.1. The van der Waals surface area contributed by atoms with Crippen LogP contribution in [0.4, 0.5) is 0 Å². The van der Waals surface area contributed by atoms with Gasteiger partial charge >= 0.3 is 0 Å². The SMILES string of the molecule is C=C[C@@H]1[C@@H]2Cc3[nH]c(=O)ccc3[C@@]1(N)CC(C)C2. The average Bonchev–Trinajstić information content (AvgIpc) is 2.26. The molecule has 3 heteroatoms. The summed E-state index contributed by atoms with van der Waals surface area (Å²) in [7, 11) is 0. The van der Waals surface area contributed by atoms with Gasteiger partial charge in [-0.3, -0.25) is 4.79 Å². The second-order valence-corrected chi connectivity index (χ2v) is 6.03. The molecule has 0 radical (unpaired) electrons. The molecule has 3 rings (SSSR count). The van der Waals surface area contributed by atoms with Gasteiger partial charge in [0.2, 0.25) is 5.56 Å². The van der Waals surface area contributed by atoms with E-state index in [4.69, 9.17) is 5.73 Å². The number of fused-ring (bicyclic) bond motifs is 4. The molecule has 2 aliphatic rings. The van der Waals surface area contributed by atoms with Gasteiger partial charge in [0.25, 0.3) is 0 Å². The lowest BCUT2D eigenvalue weighted by Gasteiger charge is -2.51. The third-order valence-corrected chi connectivity index (χ3v) is 4.72. The van der Waals surface area contributed by atoms with Gasteiger partial charge in [-0.05, 0) is 42.7 Å². The van der Waals surface area contributed by atoms with Crippen molar-refractivity contribution in [2.75, 3.05) is 0 Å². The Morgan fingerprint density at radius 3 is 3.06 bits per heavy atom. The second-order valence-electron chi connectivity index (χ2n) is 6.03. The zero-order chi connectivity index (χ0) is 12.9. The number of nitrogens with two attached hydrogens (primary N) is 1. The quantitative estimate of drug-likeness (QED) is 0.742. The molecule has 3 N–H and O–H groups in total. The Kier molecular flexibility index (Phi) is 2.49. The monoisotopic (exact) mass is 244 g/mol. The predicted octanol–water partition coefficient (Wildman–Crippen LogP) is 1.93. The summed E-state index contributed by atoms with van der Waals surface area (Å²) in [6.45, 7) is 6.24. The molecule has 1 unspecified atom stereocenters. The van der Waals surface area contributed by atoms with Gasteiger partial charge < -0.3 is 10.7 Å². The predicted molar refractivity (Wildman–Crippen MR) is 72.2 cm³/mol. The molecule has 2 aliphatic carbocycles. The van der Waals surface area contributed by atoms with E-state index in [2.05, 4.69) is 18.5 Å². The Bertz CT molecular complexity index is 548. The first-order valence-corrected chi connectivity index (χ1v) is 6.68. The van der Waals surface area contributed by atoms with Crippen LogP contribution < -0.4 is 11.3 Å². The Labute approximate surface area is 107 Å². The zero-order valence-electron chi connectivity index (χ0n) is 10.8. The fourth-order valence-corrected chi connectivity index (χ4v) is 4.16. The van der Waals surface area contributed by atoms with Crippen LogP contribution in [0.2, 0.25) is 0 Å². The maximum absolute atomic E-state index is 11.5. The Morgan fingerprint density at radius 2 is 2.33 bits per heavy atom. The first kappa shape index (κ1) is 11.7. The van der Waals surface area contributed by atoms with Crippen LogP contribution in [-0.4, -0.2) is 4.98 Å². The van der Waals surface area contributed by atoms with Crippen LogP contribution in [0.3, 0.4) is 0 Å². The van der Waals surface area contributed by atoms with Crippen LogP contribution in [0.25, 0.3) is 0 Å². The zero-order valence-corrected chi connectivity index (χ0v) is 10.8. The normalized spacial score (nSPS) is 38.0. The van der Waals surface area contributed by atoms with E-state index in [1.54, 1.807) is 6.07 Å². The van der Waals surface area contributed by atoms with Gasteiger partial charge in [0.1, 0.15) is 0 Å². The van der Waals surface area contributed by atoms with Crippen LogP contribution >= 0.6 is 0 Å². The number of aromatic nitrogens is 1. The fraction of sp³-hybridized carbons (Fsp3) is 0.533. The van der Waals surface area contributed by atoms with E-state index >= 15 is 0 Å². The van der Waals surface area contributed by atoms with Gasteiger partial charge in [0, 0.05) is 23.2 Å². The van der Waals surface area contributed by atoms with E-state index in [9.17, 15) is 4.79 Å². The number of H-pyrrole nitrogens is 1. The van der Waals surface area contributed by atoms with Gasteiger partial charge in [-0.15, -0.1) is 6.58 Å². The van der Waals surface area contributed by atoms with Gasteiger partial charge in [0.15, 0.2) is 0 Å². The molecule has 96 valence electrons. The summed E-state index contributed by atoms with van der Waals surface area (Å²) < 4.78 is 0. The number of rotatable bonds is 1. The first-order valence-electron chi connectivity index (χ1n) is 6.68. The summed E-state index contributed by atoms with van der Waals surface area (Å²) in [4.78, 5) is 14.4. The van der Waals surface area contributed by atoms with Gasteiger partial charge in [-0.1, -0.05) is 13.0 Å². The van der Waals surface area contributed by atoms with Gasteiger partial charge in [0.05, 0.1) is 0 Å². The highest BCUT2D eigenvalue weighted by Crippen LogP contribution is 2.50. The first-order chi connectivity index (χ1) is 8.54. The molecule has 2 bridgehead atoms. The van der Waals surface area contributed by atoms with E-state index in [1.807, 2.05) is 12.1 Å². The molecular weight excluding hydrogens is 224 g/mol. The van der Waals surface area contributed by atoms with Crippen molar-refractivity contribution in [1.29, 1.82) is 0 Å². The summed E-state index contributed by atoms with van der Waals surface area (Å²) in [6.07, 6.45) is 5.08. The van der Waals surface area contributed by atoms with Crippen LogP contribution in [0.5, 0.6) is 0 Å². The number of hydrogen-bond donors (Lipinski definition) is 2. The maximum atomic E-state index is 11.5. The molecule has 0 aliphatic heterocycles. The lowest BCUT2D eigenvalue weighted by molar-refractivity contribution is 0.0962. The van der Waals surface area contributed by atoms with Crippen molar-refractivity contribution >= 4 is 0 Å². The number of pyridine rings is 1. The lowest BCUT2D eigenvalue weighted by Crippen LogP contribution is -2.55. The van der Waals surface area contributed by atoms with Crippen molar-refractivity contribution in [1.82, 2.24) is 4.98 Å². The fourth-order valence-electron chi connectivity index (χ4n) is 4.16. The molecule has 0 spiro atoms. The molecule has 3 nitrogen and oxygen atoms in total. The number of aromatic amines is 1. The molecule has 18 heavy (non-hydrogen) atoms. The van der Waals surface area contributed by atoms with E-state index in [1.165, 1.54) is 6.42 Å². The maximum Gasteiger partial charge on any atom is 0.248 e. The van der Waals surface area contributed by atoms with E-state index < -0.39 is 0 Å². The van der Waals surface area contributed by atoms with Crippen molar-refractivity contribution in [2.45, 2.75) is 31.7 Å². The Hall–Kier alpha value is -1.35. The van der Waals surface area contributed by atoms with Crippen LogP contribution in [-0.2, 0) is 12.0 Å². The van der Waals surface area contributed by atoms with Crippen molar-refractivity contribution in [2.24, 2.45) is 23.5 Å². The Morgan fingerprint density at radius 1 is 1.56 bits per heavy atom. The largest absolute Gasteiger partial charge is 0.326 e. The highest BCUT2D eigenvalue weighted by Gasteiger charge is 2.49. The highest BCUT2D eigenvalue weighted by molar-refractivity contribution is 5.35. The molecule has 1 aromatic rings. The molecule has 0 aromatic carbocycles. The Balaban J connectivity index is 2.20. The minimum atomic E-state index is -0.345. The molecule has 0 saturated heterocycles. The summed E-state index contributed by atoms with van der Waals surface area (Å²) >= 11 is 0. The summed E-state index contributed by atoms with van der Waals surface area (Å²) in [6, 6.07) is 3.51. The average molecular weight is 244 g/mol. The van der Waals surface area contributed by atoms with E-state index in [0.29, 0.717) is 17.8 Å². The lowest BCUT2D eigenvalue weighted by atomic mass is 9.57. The summed E-state index contributed by atoms with van der Waals surface area (Å²) in [5, 5.41) is 0. The second kappa shape index (κ2) is 3.82. The van der Waals surface area contributed by atoms with Crippen molar-refractivity contribution in [3.8, 4) is 0 Å². The van der Waals surface area contributed by atoms with Crippen molar-refractivity contribution < 1.29 is 0 Å². The third-order valence-electron chi connectivity index (χ3n) is 4.72. The minimum Gasteiger partial charge on any atom is -0.326 e. The smallest absolute Gasteiger partial charge is 0.248 e. The van der Waals surface area contributed by atoms with Gasteiger partial charge in [-0.2, -0.15) is 0 Å². The van der Waals surface area contributed by atoms with Crippen LogP contribution in [0, 0.1) is 17.8 Å². The molecule has 0 amide bonds. The van der Waals surface area contributed by atoms with Crippen LogP contribution in [0.1, 0.15) is 31.0 Å². The number of nitrogens with one attached hydrogen (secondary N) is 1. The molecule has 1 saturated carbocycles. The molecule has 1 fully saturated rings. The van der Waals surface area contributed by atoms with Gasteiger partial charge in [-0.25, -0.2) is 0 Å². The minimum absolute atomic E-state index is 0.0273. The van der Waals surface area contributed by atoms with E-state index in [-0.39, 0.29) is 11.1 Å². The van der Waals surface area contributed by atoms with Crippen molar-refractivity contribution in [3.63, 3.8) is 0 Å². The van der Waals surface area contributed by atoms with Crippen LogP contribution in [0.15, 0.2) is 29.6 Å². The standard InChI is InChI=1S/C15H20N2O/c1-3-11-10-6-9(2)8-15(11,16)12-4-5-14(18)17-13(12)7-10/h3-5,9-11H,1,6-8,16H2,2H3,(H,17,18)/t9?,10-,11+,15+/m0/s1. The molecule has 1 heterocycles. The topological polar surface area (TPSA) is 58.9 Å². The number of hydrogen-bond acceptors (Lipinski definition) is 2.